The van der Waals surface area contributed by atoms with E-state index < -0.39 is 34.0 Å². The number of nitrogens with zero attached hydrogens (tertiary/aromatic N) is 2. The molecule has 4 amide bonds. The maximum Gasteiger partial charge on any atom is 0.413 e. The number of rotatable bonds is 9. The zero-order valence-electron chi connectivity index (χ0n) is 22.2. The predicted molar refractivity (Wildman–Crippen MR) is 144 cm³/mol. The van der Waals surface area contributed by atoms with Crippen molar-refractivity contribution in [2.45, 2.75) is 44.6 Å². The maximum absolute atomic E-state index is 13.1. The second kappa shape index (κ2) is 13.0. The van der Waals surface area contributed by atoms with Gasteiger partial charge in [0.1, 0.15) is 5.00 Å². The molecule has 0 saturated carbocycles. The van der Waals surface area contributed by atoms with Crippen LogP contribution in [0.5, 0.6) is 0 Å². The van der Waals surface area contributed by atoms with Crippen LogP contribution in [0.15, 0.2) is 29.2 Å². The number of ether oxygens (including phenoxy) is 2. The van der Waals surface area contributed by atoms with E-state index in [9.17, 15) is 27.6 Å². The molecule has 1 aliphatic rings. The molecule has 0 atom stereocenters. The minimum atomic E-state index is -3.70. The van der Waals surface area contributed by atoms with Crippen LogP contribution in [0.1, 0.15) is 57.8 Å². The summed E-state index contributed by atoms with van der Waals surface area (Å²) in [5.74, 6) is -1.33. The predicted octanol–water partition coefficient (Wildman–Crippen LogP) is 3.43. The highest BCUT2D eigenvalue weighted by Gasteiger charge is 2.32. The second-order valence-corrected chi connectivity index (χ2v) is 11.8. The molecule has 2 N–H and O–H groups in total. The number of anilines is 1. The first-order valence-corrected chi connectivity index (χ1v) is 14.6. The van der Waals surface area contributed by atoms with Crippen LogP contribution >= 0.6 is 11.3 Å². The Morgan fingerprint density at radius 2 is 1.79 bits per heavy atom. The monoisotopic (exact) mass is 580 g/mol. The van der Waals surface area contributed by atoms with Crippen LogP contribution in [0.4, 0.5) is 14.6 Å². The van der Waals surface area contributed by atoms with Gasteiger partial charge in [-0.25, -0.2) is 22.3 Å². The molecule has 2 aromatic rings. The SMILES string of the molecule is CCCCN(C)S(=O)(=O)c1ccc(C(=O)Nc2sc3c(c2C(=O)NC(=O)OC)CCN(C(=O)OCC)C3)cc1. The summed E-state index contributed by atoms with van der Waals surface area (Å²) in [6.07, 6.45) is 0.443. The van der Waals surface area contributed by atoms with Crippen molar-refractivity contribution >= 4 is 50.4 Å². The number of amides is 4. The lowest BCUT2D eigenvalue weighted by atomic mass is 10.0. The number of carbonyl (C=O) groups excluding carboxylic acids is 4. The van der Waals surface area contributed by atoms with Gasteiger partial charge in [-0.3, -0.25) is 14.9 Å². The van der Waals surface area contributed by atoms with Crippen LogP contribution < -0.4 is 10.6 Å². The van der Waals surface area contributed by atoms with Gasteiger partial charge < -0.3 is 19.7 Å². The van der Waals surface area contributed by atoms with E-state index in [1.807, 2.05) is 6.92 Å². The van der Waals surface area contributed by atoms with Crippen LogP contribution in [0.3, 0.4) is 0 Å². The zero-order chi connectivity index (χ0) is 28.7. The maximum atomic E-state index is 13.1. The topological polar surface area (TPSA) is 151 Å². The third-order valence-electron chi connectivity index (χ3n) is 6.09. The lowest BCUT2D eigenvalue weighted by Crippen LogP contribution is -2.37. The Labute approximate surface area is 231 Å². The Bertz CT molecular complexity index is 1340. The number of unbranched alkanes of at least 4 members (excludes halogenated alkanes) is 1. The van der Waals surface area contributed by atoms with Crippen molar-refractivity contribution in [1.29, 1.82) is 0 Å². The summed E-state index contributed by atoms with van der Waals surface area (Å²) in [5.41, 5.74) is 0.881. The molecule has 0 unspecified atom stereocenters. The molecule has 0 spiro atoms. The summed E-state index contributed by atoms with van der Waals surface area (Å²) in [6, 6.07) is 5.49. The van der Waals surface area contributed by atoms with Gasteiger partial charge in [0.2, 0.25) is 10.0 Å². The van der Waals surface area contributed by atoms with Crippen LogP contribution in [-0.2, 0) is 32.5 Å². The quantitative estimate of drug-likeness (QED) is 0.458. The Morgan fingerprint density at radius 3 is 2.41 bits per heavy atom. The first-order chi connectivity index (χ1) is 18.5. The Hall–Kier alpha value is -3.49. The average molecular weight is 581 g/mol. The Balaban J connectivity index is 1.87. The second-order valence-electron chi connectivity index (χ2n) is 8.68. The number of nitrogens with one attached hydrogen (secondary N) is 2. The van der Waals surface area contributed by atoms with Crippen molar-refractivity contribution in [3.8, 4) is 0 Å². The van der Waals surface area contributed by atoms with Gasteiger partial charge in [-0.1, -0.05) is 13.3 Å². The molecule has 212 valence electrons. The van der Waals surface area contributed by atoms with Gasteiger partial charge in [0.05, 0.1) is 30.7 Å². The summed E-state index contributed by atoms with van der Waals surface area (Å²) in [4.78, 5) is 52.2. The molecule has 0 radical (unpaired) electrons. The number of hydrogen-bond donors (Lipinski definition) is 2. The van der Waals surface area contributed by atoms with E-state index >= 15 is 0 Å². The summed E-state index contributed by atoms with van der Waals surface area (Å²) in [5, 5.41) is 5.01. The van der Waals surface area contributed by atoms with Gasteiger partial charge in [0.15, 0.2) is 0 Å². The molecular formula is C25H32N4O8S2. The van der Waals surface area contributed by atoms with Crippen LogP contribution in [0, 0.1) is 0 Å². The molecular weight excluding hydrogens is 548 g/mol. The van der Waals surface area contributed by atoms with Gasteiger partial charge in [0.25, 0.3) is 11.8 Å². The molecule has 1 aliphatic heterocycles. The third-order valence-corrected chi connectivity index (χ3v) is 9.09. The fourth-order valence-electron chi connectivity index (χ4n) is 3.94. The van der Waals surface area contributed by atoms with Crippen molar-refractivity contribution in [1.82, 2.24) is 14.5 Å². The van der Waals surface area contributed by atoms with Gasteiger partial charge in [-0.2, -0.15) is 0 Å². The summed E-state index contributed by atoms with van der Waals surface area (Å²) in [7, 11) is -1.07. The molecule has 0 saturated heterocycles. The third kappa shape index (κ3) is 6.94. The lowest BCUT2D eigenvalue weighted by Gasteiger charge is -2.26. The summed E-state index contributed by atoms with van der Waals surface area (Å²) >= 11 is 1.11. The molecule has 14 heteroatoms. The standard InChI is InChI=1S/C25H32N4O8S2/c1-5-7-13-28(3)39(34,35)17-10-8-16(9-11-17)21(30)26-23-20(22(31)27-24(32)36-4)18-12-14-29(15-19(18)38-23)25(33)37-6-2/h8-11H,5-7,12-15H2,1-4H3,(H,26,30)(H,27,31,32). The number of sulfonamides is 1. The van der Waals surface area contributed by atoms with E-state index in [4.69, 9.17) is 4.74 Å². The molecule has 3 rings (SSSR count). The van der Waals surface area contributed by atoms with Crippen LogP contribution in [0.2, 0.25) is 0 Å². The van der Waals surface area contributed by atoms with E-state index in [0.717, 1.165) is 31.3 Å². The molecule has 0 bridgehead atoms. The number of benzene rings is 1. The van der Waals surface area contributed by atoms with Crippen LogP contribution in [-0.4, -0.2) is 75.5 Å². The van der Waals surface area contributed by atoms with E-state index in [1.165, 1.54) is 40.5 Å². The normalized spacial score (nSPS) is 13.0. The lowest BCUT2D eigenvalue weighted by molar-refractivity contribution is 0.0936. The molecule has 39 heavy (non-hydrogen) atoms. The Morgan fingerprint density at radius 1 is 1.10 bits per heavy atom. The van der Waals surface area contributed by atoms with Gasteiger partial charge in [-0.15, -0.1) is 11.3 Å². The first-order valence-electron chi connectivity index (χ1n) is 12.4. The van der Waals surface area contributed by atoms with Crippen molar-refractivity contribution in [2.75, 3.05) is 39.2 Å². The number of thiophene rings is 1. The van der Waals surface area contributed by atoms with Gasteiger partial charge >= 0.3 is 12.2 Å². The smallest absolute Gasteiger partial charge is 0.413 e. The fourth-order valence-corrected chi connectivity index (χ4v) is 6.41. The van der Waals surface area contributed by atoms with Gasteiger partial charge in [-0.05, 0) is 49.6 Å². The molecule has 1 aromatic heterocycles. The average Bonchev–Trinajstić information content (AvgIpc) is 3.28. The highest BCUT2D eigenvalue weighted by atomic mass is 32.2. The summed E-state index contributed by atoms with van der Waals surface area (Å²) < 4.78 is 36.4. The number of alkyl carbamates (subject to hydrolysis) is 1. The molecule has 2 heterocycles. The van der Waals surface area contributed by atoms with E-state index in [2.05, 4.69) is 15.4 Å². The van der Waals surface area contributed by atoms with Gasteiger partial charge in [0, 0.05) is 30.6 Å². The van der Waals surface area contributed by atoms with Crippen molar-refractivity contribution in [3.63, 3.8) is 0 Å². The summed E-state index contributed by atoms with van der Waals surface area (Å²) in [6.45, 7) is 4.74. The highest BCUT2D eigenvalue weighted by molar-refractivity contribution is 7.89. The van der Waals surface area contributed by atoms with E-state index in [-0.39, 0.29) is 40.7 Å². The minimum absolute atomic E-state index is 0.0569. The number of hydrogen-bond acceptors (Lipinski definition) is 9. The molecule has 0 aliphatic carbocycles. The fraction of sp³-hybridized carbons (Fsp3) is 0.440. The number of carbonyl (C=O) groups is 4. The first kappa shape index (κ1) is 30.1. The minimum Gasteiger partial charge on any atom is -0.453 e. The van der Waals surface area contributed by atoms with Crippen molar-refractivity contribution in [2.24, 2.45) is 0 Å². The molecule has 0 fully saturated rings. The largest absolute Gasteiger partial charge is 0.453 e. The Kier molecular flexibility index (Phi) is 10.1. The van der Waals surface area contributed by atoms with Crippen molar-refractivity contribution < 1.29 is 37.1 Å². The van der Waals surface area contributed by atoms with Crippen LogP contribution in [0.25, 0.3) is 0 Å². The molecule has 12 nitrogen and oxygen atoms in total. The van der Waals surface area contributed by atoms with Crippen molar-refractivity contribution in [3.05, 3.63) is 45.8 Å². The highest BCUT2D eigenvalue weighted by Crippen LogP contribution is 2.37. The molecule has 1 aromatic carbocycles. The van der Waals surface area contributed by atoms with E-state index in [0.29, 0.717) is 23.4 Å². The number of fused-ring (bicyclic) bond motifs is 1. The van der Waals surface area contributed by atoms with E-state index in [1.54, 1.807) is 6.92 Å². The zero-order valence-corrected chi connectivity index (χ0v) is 23.9. The number of methoxy groups -OCH3 is 1. The number of imide groups is 1.